The van der Waals surface area contributed by atoms with Gasteiger partial charge in [-0.05, 0) is 18.9 Å². The third-order valence-corrected chi connectivity index (χ3v) is 3.56. The third kappa shape index (κ3) is 20.5. The van der Waals surface area contributed by atoms with Gasteiger partial charge in [0, 0.05) is 0 Å². The predicted molar refractivity (Wildman–Crippen MR) is 82.6 cm³/mol. The van der Waals surface area contributed by atoms with E-state index in [0.29, 0.717) is 0 Å². The molecule has 0 radical (unpaired) electrons. The second-order valence-electron chi connectivity index (χ2n) is 5.44. The number of allylic oxidation sites excluding steroid dienone is 1. The topological polar surface area (TPSA) is 27.6 Å². The monoisotopic (exact) mass is 289 g/mol. The summed E-state index contributed by atoms with van der Waals surface area (Å²) in [6, 6.07) is 0. The van der Waals surface area contributed by atoms with Gasteiger partial charge in [-0.15, -0.1) is 0 Å². The number of unbranched alkanes of at least 4 members (excludes halogenated alkanes) is 12. The van der Waals surface area contributed by atoms with E-state index >= 15 is 0 Å². The Balaban J connectivity index is 0. The standard InChI is InChI=1S/C17H35N.ClH/c1-2-3-4-5-6-7-8-9-10-11-12-13-14-15-16-17-18;/h15-16H,2-14,17-18H2,1H3;1H. The molecule has 0 rings (SSSR count). The molecule has 0 aromatic rings. The molecule has 2 heteroatoms. The SMILES string of the molecule is CCCCCCCCCCCCCCC=CC[NH3+].[Cl-]. The zero-order valence-corrected chi connectivity index (χ0v) is 13.9. The molecule has 0 aromatic heterocycles. The molecule has 0 unspecified atom stereocenters. The Labute approximate surface area is 127 Å². The molecule has 0 spiro atoms. The Morgan fingerprint density at radius 3 is 1.47 bits per heavy atom. The summed E-state index contributed by atoms with van der Waals surface area (Å²) in [7, 11) is 0. The van der Waals surface area contributed by atoms with E-state index in [-0.39, 0.29) is 12.4 Å². The maximum atomic E-state index is 3.80. The molecule has 0 aromatic carbocycles. The zero-order chi connectivity index (χ0) is 13.3. The number of hydrogen-bond acceptors (Lipinski definition) is 0. The van der Waals surface area contributed by atoms with Crippen LogP contribution in [0.4, 0.5) is 0 Å². The van der Waals surface area contributed by atoms with Crippen molar-refractivity contribution in [3.8, 4) is 0 Å². The van der Waals surface area contributed by atoms with Crippen LogP contribution in [0.25, 0.3) is 0 Å². The molecule has 0 amide bonds. The van der Waals surface area contributed by atoms with Gasteiger partial charge in [-0.2, -0.15) is 0 Å². The van der Waals surface area contributed by atoms with Crippen LogP contribution in [0.2, 0.25) is 0 Å². The normalized spacial score (nSPS) is 10.8. The van der Waals surface area contributed by atoms with E-state index in [0.717, 1.165) is 6.54 Å². The fourth-order valence-corrected chi connectivity index (χ4v) is 2.34. The fraction of sp³-hybridized carbons (Fsp3) is 0.882. The quantitative estimate of drug-likeness (QED) is 0.374. The molecule has 0 heterocycles. The Hall–Kier alpha value is -0.0100. The van der Waals surface area contributed by atoms with Crippen LogP contribution in [-0.2, 0) is 0 Å². The first kappa shape index (κ1) is 21.3. The third-order valence-electron chi connectivity index (χ3n) is 3.56. The molecule has 0 fully saturated rings. The maximum absolute atomic E-state index is 3.80. The van der Waals surface area contributed by atoms with Crippen molar-refractivity contribution >= 4 is 0 Å². The molecule has 0 bridgehead atoms. The minimum absolute atomic E-state index is 0. The predicted octanol–water partition coefficient (Wildman–Crippen LogP) is 1.88. The van der Waals surface area contributed by atoms with Gasteiger partial charge in [-0.1, -0.05) is 83.6 Å². The van der Waals surface area contributed by atoms with Crippen molar-refractivity contribution in [3.63, 3.8) is 0 Å². The molecule has 0 atom stereocenters. The lowest BCUT2D eigenvalue weighted by Crippen LogP contribution is -3.00. The summed E-state index contributed by atoms with van der Waals surface area (Å²) in [5.41, 5.74) is 3.80. The Kier molecular flexibility index (Phi) is 22.8. The van der Waals surface area contributed by atoms with E-state index in [4.69, 9.17) is 0 Å². The van der Waals surface area contributed by atoms with Crippen molar-refractivity contribution in [2.24, 2.45) is 0 Å². The molecule has 3 N–H and O–H groups in total. The maximum Gasteiger partial charge on any atom is 0.0926 e. The van der Waals surface area contributed by atoms with E-state index in [1.165, 1.54) is 83.5 Å². The Bertz CT molecular complexity index is 169. The highest BCUT2D eigenvalue weighted by molar-refractivity contribution is 4.79. The van der Waals surface area contributed by atoms with Crippen molar-refractivity contribution in [3.05, 3.63) is 12.2 Å². The highest BCUT2D eigenvalue weighted by Crippen LogP contribution is 2.12. The minimum Gasteiger partial charge on any atom is -1.00 e. The van der Waals surface area contributed by atoms with Crippen LogP contribution in [0.5, 0.6) is 0 Å². The summed E-state index contributed by atoms with van der Waals surface area (Å²) in [5.74, 6) is 0. The molecule has 0 aliphatic heterocycles. The molecule has 19 heavy (non-hydrogen) atoms. The molecule has 0 aliphatic rings. The van der Waals surface area contributed by atoms with Gasteiger partial charge in [0.1, 0.15) is 0 Å². The molecular formula is C17H36ClN. The van der Waals surface area contributed by atoms with Gasteiger partial charge in [0.25, 0.3) is 0 Å². The van der Waals surface area contributed by atoms with Gasteiger partial charge < -0.3 is 18.1 Å². The van der Waals surface area contributed by atoms with E-state index in [9.17, 15) is 0 Å². The van der Waals surface area contributed by atoms with Crippen LogP contribution in [0.15, 0.2) is 12.2 Å². The van der Waals surface area contributed by atoms with Crippen LogP contribution in [-0.4, -0.2) is 6.54 Å². The van der Waals surface area contributed by atoms with Crippen LogP contribution in [0.1, 0.15) is 90.4 Å². The van der Waals surface area contributed by atoms with E-state index in [1.807, 2.05) is 0 Å². The largest absolute Gasteiger partial charge is 1.00 e. The van der Waals surface area contributed by atoms with Gasteiger partial charge >= 0.3 is 0 Å². The molecular weight excluding hydrogens is 254 g/mol. The lowest BCUT2D eigenvalue weighted by Gasteiger charge is -2.02. The van der Waals surface area contributed by atoms with E-state index in [2.05, 4.69) is 24.8 Å². The lowest BCUT2D eigenvalue weighted by molar-refractivity contribution is -0.352. The zero-order valence-electron chi connectivity index (χ0n) is 13.1. The van der Waals surface area contributed by atoms with Crippen LogP contribution in [0, 0.1) is 0 Å². The molecule has 116 valence electrons. The fourth-order valence-electron chi connectivity index (χ4n) is 2.34. The van der Waals surface area contributed by atoms with Gasteiger partial charge in [0.15, 0.2) is 0 Å². The smallest absolute Gasteiger partial charge is 0.0926 e. The van der Waals surface area contributed by atoms with Gasteiger partial charge in [0.05, 0.1) is 6.54 Å². The van der Waals surface area contributed by atoms with Gasteiger partial charge in [-0.25, -0.2) is 0 Å². The van der Waals surface area contributed by atoms with Crippen molar-refractivity contribution in [1.29, 1.82) is 0 Å². The second kappa shape index (κ2) is 20.3. The first-order valence-electron chi connectivity index (χ1n) is 8.36. The second-order valence-corrected chi connectivity index (χ2v) is 5.44. The summed E-state index contributed by atoms with van der Waals surface area (Å²) in [6.45, 7) is 3.23. The summed E-state index contributed by atoms with van der Waals surface area (Å²) in [4.78, 5) is 0. The molecule has 0 aliphatic carbocycles. The number of halogens is 1. The van der Waals surface area contributed by atoms with Gasteiger partial charge in [-0.3, -0.25) is 0 Å². The number of hydrogen-bond donors (Lipinski definition) is 1. The average Bonchev–Trinajstić information content (AvgIpc) is 2.39. The summed E-state index contributed by atoms with van der Waals surface area (Å²) >= 11 is 0. The lowest BCUT2D eigenvalue weighted by atomic mass is 10.0. The van der Waals surface area contributed by atoms with Crippen molar-refractivity contribution in [2.45, 2.75) is 90.4 Å². The van der Waals surface area contributed by atoms with Crippen molar-refractivity contribution in [2.75, 3.05) is 6.54 Å². The number of rotatable bonds is 14. The first-order valence-corrected chi connectivity index (χ1v) is 8.36. The summed E-state index contributed by atoms with van der Waals surface area (Å²) in [6.07, 6.45) is 23.0. The summed E-state index contributed by atoms with van der Waals surface area (Å²) in [5, 5.41) is 0. The Morgan fingerprint density at radius 1 is 0.632 bits per heavy atom. The van der Waals surface area contributed by atoms with Crippen molar-refractivity contribution < 1.29 is 18.1 Å². The number of quaternary nitrogens is 1. The first-order chi connectivity index (χ1) is 8.91. The highest BCUT2D eigenvalue weighted by Gasteiger charge is 1.92. The van der Waals surface area contributed by atoms with Gasteiger partial charge in [0.2, 0.25) is 0 Å². The minimum atomic E-state index is 0. The van der Waals surface area contributed by atoms with Crippen molar-refractivity contribution in [1.82, 2.24) is 0 Å². The van der Waals surface area contributed by atoms with E-state index < -0.39 is 0 Å². The molecule has 0 saturated carbocycles. The van der Waals surface area contributed by atoms with E-state index in [1.54, 1.807) is 0 Å². The highest BCUT2D eigenvalue weighted by atomic mass is 35.5. The van der Waals surface area contributed by atoms with Crippen LogP contribution in [0.3, 0.4) is 0 Å². The van der Waals surface area contributed by atoms with Crippen LogP contribution < -0.4 is 18.1 Å². The molecule has 1 nitrogen and oxygen atoms in total. The summed E-state index contributed by atoms with van der Waals surface area (Å²) < 4.78 is 0. The Morgan fingerprint density at radius 2 is 1.05 bits per heavy atom. The molecule has 0 saturated heterocycles. The average molecular weight is 290 g/mol. The van der Waals surface area contributed by atoms with Crippen LogP contribution >= 0.6 is 0 Å².